The summed E-state index contributed by atoms with van der Waals surface area (Å²) in [4.78, 5) is 14.2. The van der Waals surface area contributed by atoms with Crippen molar-refractivity contribution >= 4 is 0 Å². The molecule has 0 bridgehead atoms. The predicted octanol–water partition coefficient (Wildman–Crippen LogP) is -0.373. The molecule has 1 N–H and O–H groups in total. The van der Waals surface area contributed by atoms with Crippen molar-refractivity contribution in [1.82, 2.24) is 9.71 Å². The third-order valence-electron chi connectivity index (χ3n) is 1.14. The molecule has 0 aliphatic heterocycles. The fraction of sp³-hybridized carbons (Fsp3) is 0.333. The molecule has 0 atom stereocenters. The third kappa shape index (κ3) is 1.78. The van der Waals surface area contributed by atoms with Crippen molar-refractivity contribution in [2.24, 2.45) is 0 Å². The molecular weight excluding hydrogens is 148 g/mol. The number of methoxy groups -OCH3 is 1. The van der Waals surface area contributed by atoms with Gasteiger partial charge in [-0.25, -0.2) is 4.79 Å². The van der Waals surface area contributed by atoms with Gasteiger partial charge in [0.1, 0.15) is 0 Å². The molecule has 0 fully saturated rings. The van der Waals surface area contributed by atoms with Crippen LogP contribution in [-0.4, -0.2) is 22.0 Å². The molecule has 0 aliphatic carbocycles. The lowest BCUT2D eigenvalue weighted by Crippen LogP contribution is -2.21. The second-order valence-corrected chi connectivity index (χ2v) is 1.98. The largest absolute Gasteiger partial charge is 0.424 e. The van der Waals surface area contributed by atoms with E-state index >= 15 is 0 Å². The van der Waals surface area contributed by atoms with Gasteiger partial charge in [-0.05, 0) is 6.07 Å². The first-order valence-electron chi connectivity index (χ1n) is 3.01. The Morgan fingerprint density at radius 2 is 2.55 bits per heavy atom. The van der Waals surface area contributed by atoms with Crippen LogP contribution in [0, 0.1) is 0 Å². The summed E-state index contributed by atoms with van der Waals surface area (Å²) in [6, 6.07) is 1.50. The van der Waals surface area contributed by atoms with Crippen LogP contribution in [0.3, 0.4) is 0 Å². The normalized spacial score (nSPS) is 9.91. The van der Waals surface area contributed by atoms with E-state index in [1.54, 1.807) is 0 Å². The van der Waals surface area contributed by atoms with E-state index < -0.39 is 5.69 Å². The Morgan fingerprint density at radius 1 is 1.82 bits per heavy atom. The highest BCUT2D eigenvalue weighted by Gasteiger charge is 1.96. The van der Waals surface area contributed by atoms with Crippen molar-refractivity contribution in [1.29, 1.82) is 0 Å². The summed E-state index contributed by atoms with van der Waals surface area (Å²) in [7, 11) is 1.51. The van der Waals surface area contributed by atoms with E-state index in [0.717, 1.165) is 0 Å². The Hall–Kier alpha value is -1.36. The number of nitrogens with zero attached hydrogens (tertiary/aromatic N) is 2. The van der Waals surface area contributed by atoms with Gasteiger partial charge in [0.15, 0.2) is 0 Å². The molecule has 0 saturated heterocycles. The Kier molecular flexibility index (Phi) is 2.22. The molecular formula is C6H8N2O3. The van der Waals surface area contributed by atoms with E-state index in [1.807, 2.05) is 0 Å². The number of ether oxygens (including phenoxy) is 1. The molecule has 1 aromatic rings. The molecule has 1 rings (SSSR count). The first-order valence-corrected chi connectivity index (χ1v) is 3.01. The smallest absolute Gasteiger partial charge is 0.380 e. The van der Waals surface area contributed by atoms with Crippen molar-refractivity contribution in [2.45, 2.75) is 6.61 Å². The van der Waals surface area contributed by atoms with E-state index in [1.165, 1.54) is 19.4 Å². The van der Waals surface area contributed by atoms with E-state index in [9.17, 15) is 4.79 Å². The molecule has 0 amide bonds. The number of aromatic nitrogens is 2. The Bertz CT molecular complexity index is 294. The first-order chi connectivity index (χ1) is 5.24. The van der Waals surface area contributed by atoms with Crippen LogP contribution in [0.1, 0.15) is 5.69 Å². The maximum Gasteiger partial charge on any atom is 0.380 e. The van der Waals surface area contributed by atoms with Gasteiger partial charge in [-0.3, -0.25) is 0 Å². The van der Waals surface area contributed by atoms with Crippen molar-refractivity contribution in [3.05, 3.63) is 28.4 Å². The van der Waals surface area contributed by atoms with Crippen molar-refractivity contribution in [3.63, 3.8) is 0 Å². The Morgan fingerprint density at radius 3 is 3.09 bits per heavy atom. The maximum atomic E-state index is 10.7. The molecule has 1 aromatic heterocycles. The summed E-state index contributed by atoms with van der Waals surface area (Å²) in [5, 5.41) is 8.71. The van der Waals surface area contributed by atoms with E-state index in [0.29, 0.717) is 10.4 Å². The van der Waals surface area contributed by atoms with E-state index in [4.69, 9.17) is 9.94 Å². The predicted molar refractivity (Wildman–Crippen MR) is 36.4 cm³/mol. The summed E-state index contributed by atoms with van der Waals surface area (Å²) in [6.45, 7) is 0.274. The molecule has 0 unspecified atom stereocenters. The summed E-state index contributed by atoms with van der Waals surface area (Å²) in [5.74, 6) is 0. The maximum absolute atomic E-state index is 10.7. The highest BCUT2D eigenvalue weighted by atomic mass is 16.5. The van der Waals surface area contributed by atoms with Crippen LogP contribution in [0.15, 0.2) is 17.1 Å². The van der Waals surface area contributed by atoms with Gasteiger partial charge in [0.2, 0.25) is 0 Å². The minimum atomic E-state index is -0.695. The monoisotopic (exact) mass is 156 g/mol. The standard InChI is InChI=1S/C6H8N2O3/c1-11-4-5-2-3-8(10)6(9)7-5/h2-3,10H,4H2,1H3. The van der Waals surface area contributed by atoms with Gasteiger partial charge in [-0.2, -0.15) is 4.98 Å². The number of hydrogen-bond donors (Lipinski definition) is 1. The molecule has 0 spiro atoms. The summed E-state index contributed by atoms with van der Waals surface area (Å²) in [6.07, 6.45) is 1.23. The zero-order valence-electron chi connectivity index (χ0n) is 6.02. The lowest BCUT2D eigenvalue weighted by Gasteiger charge is -1.97. The summed E-state index contributed by atoms with van der Waals surface area (Å²) >= 11 is 0. The van der Waals surface area contributed by atoms with Crippen molar-refractivity contribution < 1.29 is 9.94 Å². The fourth-order valence-electron chi connectivity index (χ4n) is 0.660. The van der Waals surface area contributed by atoms with E-state index in [-0.39, 0.29) is 6.61 Å². The number of hydrogen-bond acceptors (Lipinski definition) is 4. The molecule has 0 saturated carbocycles. The Balaban J connectivity index is 2.96. The van der Waals surface area contributed by atoms with Crippen LogP contribution >= 0.6 is 0 Å². The first kappa shape index (κ1) is 7.74. The average Bonchev–Trinajstić information content (AvgIpc) is 1.98. The van der Waals surface area contributed by atoms with Crippen LogP contribution in [0.4, 0.5) is 0 Å². The van der Waals surface area contributed by atoms with E-state index in [2.05, 4.69) is 4.98 Å². The van der Waals surface area contributed by atoms with Crippen LogP contribution in [0.5, 0.6) is 0 Å². The van der Waals surface area contributed by atoms with Crippen LogP contribution in [0.2, 0.25) is 0 Å². The minimum Gasteiger partial charge on any atom is -0.424 e. The Labute approximate surface area is 62.8 Å². The van der Waals surface area contributed by atoms with Gasteiger partial charge < -0.3 is 9.94 Å². The summed E-state index contributed by atoms with van der Waals surface area (Å²) in [5.41, 5.74) is -0.192. The van der Waals surface area contributed by atoms with Crippen LogP contribution in [0.25, 0.3) is 0 Å². The molecule has 60 valence electrons. The van der Waals surface area contributed by atoms with Crippen molar-refractivity contribution in [3.8, 4) is 0 Å². The zero-order chi connectivity index (χ0) is 8.27. The molecule has 0 aliphatic rings. The zero-order valence-corrected chi connectivity index (χ0v) is 6.02. The quantitative estimate of drug-likeness (QED) is 0.593. The van der Waals surface area contributed by atoms with Crippen LogP contribution < -0.4 is 5.69 Å². The summed E-state index contributed by atoms with van der Waals surface area (Å²) < 4.78 is 5.15. The SMILES string of the molecule is COCc1ccn(O)c(=O)n1. The minimum absolute atomic E-state index is 0.274. The second kappa shape index (κ2) is 3.16. The molecule has 5 heteroatoms. The van der Waals surface area contributed by atoms with Gasteiger partial charge in [-0.1, -0.05) is 0 Å². The lowest BCUT2D eigenvalue weighted by atomic mass is 10.4. The van der Waals surface area contributed by atoms with Gasteiger partial charge >= 0.3 is 5.69 Å². The lowest BCUT2D eigenvalue weighted by molar-refractivity contribution is 0.161. The average molecular weight is 156 g/mol. The molecule has 1 heterocycles. The van der Waals surface area contributed by atoms with Crippen molar-refractivity contribution in [2.75, 3.05) is 7.11 Å². The molecule has 5 nitrogen and oxygen atoms in total. The highest BCUT2D eigenvalue weighted by molar-refractivity contribution is 4.96. The van der Waals surface area contributed by atoms with Crippen LogP contribution in [-0.2, 0) is 11.3 Å². The van der Waals surface area contributed by atoms with Gasteiger partial charge in [0.25, 0.3) is 0 Å². The third-order valence-corrected chi connectivity index (χ3v) is 1.14. The molecule has 11 heavy (non-hydrogen) atoms. The van der Waals surface area contributed by atoms with Gasteiger partial charge in [-0.15, -0.1) is 4.73 Å². The topological polar surface area (TPSA) is 64.3 Å². The number of rotatable bonds is 2. The fourth-order valence-corrected chi connectivity index (χ4v) is 0.660. The molecule has 0 radical (unpaired) electrons. The second-order valence-electron chi connectivity index (χ2n) is 1.98. The van der Waals surface area contributed by atoms with Gasteiger partial charge in [0.05, 0.1) is 18.5 Å². The highest BCUT2D eigenvalue weighted by Crippen LogP contribution is 1.90. The van der Waals surface area contributed by atoms with Gasteiger partial charge in [0, 0.05) is 7.11 Å². The molecule has 0 aromatic carbocycles.